The molecule has 1 aliphatic rings. The number of hydrogen-bond acceptors (Lipinski definition) is 2. The maximum atomic E-state index is 13.4. The Morgan fingerprint density at radius 2 is 2.00 bits per heavy atom. The molecule has 1 heterocycles. The predicted molar refractivity (Wildman–Crippen MR) is 72.2 cm³/mol. The molecule has 3 heteroatoms. The maximum absolute atomic E-state index is 13.4. The molecular weight excluding hydrogens is 227 g/mol. The highest BCUT2D eigenvalue weighted by Crippen LogP contribution is 2.26. The average molecular weight is 242 g/mol. The first kappa shape index (κ1) is 11.2. The molecule has 1 aromatic carbocycles. The molecule has 2 aromatic rings. The minimum atomic E-state index is -0.222. The van der Waals surface area contributed by atoms with Gasteiger partial charge in [-0.25, -0.2) is 4.39 Å². The number of fused-ring (bicyclic) bond motifs is 1. The highest BCUT2D eigenvalue weighted by molar-refractivity contribution is 5.91. The molecule has 0 bridgehead atoms. The summed E-state index contributed by atoms with van der Waals surface area (Å²) in [6.45, 7) is 1.96. The number of nitrogens with zero attached hydrogens (tertiary/aromatic N) is 1. The summed E-state index contributed by atoms with van der Waals surface area (Å²) in [5.41, 5.74) is 2.76. The number of halogens is 1. The molecule has 1 aliphatic carbocycles. The third kappa shape index (κ3) is 2.08. The van der Waals surface area contributed by atoms with Gasteiger partial charge in [0.15, 0.2) is 0 Å². The average Bonchev–Trinajstić information content (AvgIpc) is 2.83. The Morgan fingerprint density at radius 1 is 1.22 bits per heavy atom. The van der Waals surface area contributed by atoms with E-state index in [1.165, 1.54) is 6.07 Å². The lowest BCUT2D eigenvalue weighted by Gasteiger charge is -2.16. The molecule has 18 heavy (non-hydrogen) atoms. The Bertz CT molecular complexity index is 611. The number of anilines is 1. The van der Waals surface area contributed by atoms with Crippen LogP contribution >= 0.6 is 0 Å². The van der Waals surface area contributed by atoms with Crippen molar-refractivity contribution >= 4 is 16.6 Å². The van der Waals surface area contributed by atoms with Crippen LogP contribution in [0, 0.1) is 12.7 Å². The summed E-state index contributed by atoms with van der Waals surface area (Å²) in [6, 6.07) is 7.14. The first-order valence-electron chi connectivity index (χ1n) is 6.21. The standard InChI is InChI=1S/C15H15FN2/c1-10-8-15(18-12-4-2-3-5-12)13-9-11(16)6-7-14(13)17-10/h2-3,6-9,12H,4-5H2,1H3,(H,17,18). The van der Waals surface area contributed by atoms with Crippen LogP contribution in [-0.2, 0) is 0 Å². The lowest BCUT2D eigenvalue weighted by atomic mass is 10.1. The first-order chi connectivity index (χ1) is 8.72. The largest absolute Gasteiger partial charge is 0.381 e. The summed E-state index contributed by atoms with van der Waals surface area (Å²) < 4.78 is 13.4. The zero-order valence-electron chi connectivity index (χ0n) is 10.3. The molecule has 3 rings (SSSR count). The van der Waals surface area contributed by atoms with Gasteiger partial charge in [-0.05, 0) is 44.0 Å². The van der Waals surface area contributed by atoms with E-state index in [1.54, 1.807) is 12.1 Å². The molecule has 0 saturated heterocycles. The summed E-state index contributed by atoms with van der Waals surface area (Å²) in [5.74, 6) is -0.222. The smallest absolute Gasteiger partial charge is 0.124 e. The van der Waals surface area contributed by atoms with E-state index in [-0.39, 0.29) is 5.82 Å². The van der Waals surface area contributed by atoms with Gasteiger partial charge in [0.1, 0.15) is 5.82 Å². The van der Waals surface area contributed by atoms with Crippen molar-refractivity contribution in [2.24, 2.45) is 0 Å². The van der Waals surface area contributed by atoms with Crippen molar-refractivity contribution in [1.29, 1.82) is 0 Å². The molecule has 0 radical (unpaired) electrons. The van der Waals surface area contributed by atoms with Crippen molar-refractivity contribution in [2.75, 3.05) is 5.32 Å². The van der Waals surface area contributed by atoms with Crippen LogP contribution in [0.2, 0.25) is 0 Å². The van der Waals surface area contributed by atoms with Crippen molar-refractivity contribution in [3.05, 3.63) is 47.9 Å². The number of benzene rings is 1. The van der Waals surface area contributed by atoms with Gasteiger partial charge in [0, 0.05) is 22.8 Å². The Balaban J connectivity index is 2.05. The number of pyridine rings is 1. The Hall–Kier alpha value is -1.90. The molecule has 0 spiro atoms. The summed E-state index contributed by atoms with van der Waals surface area (Å²) >= 11 is 0. The molecule has 0 amide bonds. The third-order valence-corrected chi connectivity index (χ3v) is 3.27. The monoisotopic (exact) mass is 242 g/mol. The Kier molecular flexibility index (Phi) is 2.74. The van der Waals surface area contributed by atoms with Gasteiger partial charge >= 0.3 is 0 Å². The lowest BCUT2D eigenvalue weighted by molar-refractivity contribution is 0.629. The van der Waals surface area contributed by atoms with Gasteiger partial charge in [-0.2, -0.15) is 0 Å². The van der Waals surface area contributed by atoms with Crippen LogP contribution in [0.15, 0.2) is 36.4 Å². The molecule has 2 nitrogen and oxygen atoms in total. The van der Waals surface area contributed by atoms with Crippen molar-refractivity contribution in [2.45, 2.75) is 25.8 Å². The lowest BCUT2D eigenvalue weighted by Crippen LogP contribution is -2.15. The van der Waals surface area contributed by atoms with E-state index < -0.39 is 0 Å². The Morgan fingerprint density at radius 3 is 2.78 bits per heavy atom. The number of aryl methyl sites for hydroxylation is 1. The van der Waals surface area contributed by atoms with E-state index in [0.29, 0.717) is 6.04 Å². The predicted octanol–water partition coefficient (Wildman–Crippen LogP) is 3.81. The minimum Gasteiger partial charge on any atom is -0.381 e. The summed E-state index contributed by atoms with van der Waals surface area (Å²) in [5, 5.41) is 4.34. The first-order valence-corrected chi connectivity index (χ1v) is 6.21. The van der Waals surface area contributed by atoms with Crippen LogP contribution in [0.1, 0.15) is 18.5 Å². The van der Waals surface area contributed by atoms with Gasteiger partial charge in [-0.15, -0.1) is 0 Å². The van der Waals surface area contributed by atoms with Gasteiger partial charge in [0.2, 0.25) is 0 Å². The van der Waals surface area contributed by atoms with Gasteiger partial charge in [-0.3, -0.25) is 4.98 Å². The van der Waals surface area contributed by atoms with Crippen molar-refractivity contribution in [1.82, 2.24) is 4.98 Å². The zero-order valence-corrected chi connectivity index (χ0v) is 10.3. The van der Waals surface area contributed by atoms with Crippen LogP contribution in [0.25, 0.3) is 10.9 Å². The molecule has 0 atom stereocenters. The van der Waals surface area contributed by atoms with E-state index in [9.17, 15) is 4.39 Å². The fourth-order valence-corrected chi connectivity index (χ4v) is 2.40. The van der Waals surface area contributed by atoms with Crippen molar-refractivity contribution in [3.8, 4) is 0 Å². The van der Waals surface area contributed by atoms with Crippen LogP contribution in [0.4, 0.5) is 10.1 Å². The van der Waals surface area contributed by atoms with Crippen LogP contribution in [0.5, 0.6) is 0 Å². The molecule has 0 aliphatic heterocycles. The normalized spacial score (nSPS) is 15.4. The van der Waals surface area contributed by atoms with E-state index in [4.69, 9.17) is 0 Å². The van der Waals surface area contributed by atoms with Gasteiger partial charge in [-0.1, -0.05) is 12.2 Å². The number of nitrogens with one attached hydrogen (secondary N) is 1. The Labute approximate surface area is 106 Å². The van der Waals surface area contributed by atoms with E-state index in [0.717, 1.165) is 35.1 Å². The fraction of sp³-hybridized carbons (Fsp3) is 0.267. The summed E-state index contributed by atoms with van der Waals surface area (Å²) in [6.07, 6.45) is 6.40. The molecule has 1 aromatic heterocycles. The van der Waals surface area contributed by atoms with E-state index in [2.05, 4.69) is 22.5 Å². The SMILES string of the molecule is Cc1cc(NC2CC=CC2)c2cc(F)ccc2n1. The van der Waals surface area contributed by atoms with Crippen LogP contribution < -0.4 is 5.32 Å². The van der Waals surface area contributed by atoms with Crippen molar-refractivity contribution < 1.29 is 4.39 Å². The molecule has 0 fully saturated rings. The zero-order chi connectivity index (χ0) is 12.5. The summed E-state index contributed by atoms with van der Waals surface area (Å²) in [7, 11) is 0. The number of hydrogen-bond donors (Lipinski definition) is 1. The van der Waals surface area contributed by atoms with E-state index >= 15 is 0 Å². The van der Waals surface area contributed by atoms with E-state index in [1.807, 2.05) is 13.0 Å². The van der Waals surface area contributed by atoms with Crippen molar-refractivity contribution in [3.63, 3.8) is 0 Å². The second kappa shape index (κ2) is 4.41. The number of aromatic nitrogens is 1. The van der Waals surface area contributed by atoms with Gasteiger partial charge < -0.3 is 5.32 Å². The van der Waals surface area contributed by atoms with Gasteiger partial charge in [0.05, 0.1) is 5.52 Å². The molecule has 0 saturated carbocycles. The summed E-state index contributed by atoms with van der Waals surface area (Å²) in [4.78, 5) is 4.43. The number of rotatable bonds is 2. The highest BCUT2D eigenvalue weighted by Gasteiger charge is 2.12. The topological polar surface area (TPSA) is 24.9 Å². The molecule has 92 valence electrons. The van der Waals surface area contributed by atoms with Crippen LogP contribution in [0.3, 0.4) is 0 Å². The maximum Gasteiger partial charge on any atom is 0.124 e. The molecule has 1 N–H and O–H groups in total. The highest BCUT2D eigenvalue weighted by atomic mass is 19.1. The second-order valence-corrected chi connectivity index (χ2v) is 4.76. The third-order valence-electron chi connectivity index (χ3n) is 3.27. The van der Waals surface area contributed by atoms with Gasteiger partial charge in [0.25, 0.3) is 0 Å². The second-order valence-electron chi connectivity index (χ2n) is 4.76. The molecular formula is C15H15FN2. The minimum absolute atomic E-state index is 0.222. The fourth-order valence-electron chi connectivity index (χ4n) is 2.40. The molecule has 0 unspecified atom stereocenters. The quantitative estimate of drug-likeness (QED) is 0.810. The van der Waals surface area contributed by atoms with Crippen LogP contribution in [-0.4, -0.2) is 11.0 Å².